The summed E-state index contributed by atoms with van der Waals surface area (Å²) in [5.74, 6) is -2.79. The summed E-state index contributed by atoms with van der Waals surface area (Å²) in [6.07, 6.45) is 0. The van der Waals surface area contributed by atoms with E-state index in [0.717, 1.165) is 6.92 Å². The summed E-state index contributed by atoms with van der Waals surface area (Å²) < 4.78 is 27.7. The minimum absolute atomic E-state index is 0.0527. The van der Waals surface area contributed by atoms with Crippen LogP contribution in [0, 0.1) is 0 Å². The molecule has 0 spiro atoms. The summed E-state index contributed by atoms with van der Waals surface area (Å²) in [4.78, 5) is 0. The Bertz CT molecular complexity index is 511. The van der Waals surface area contributed by atoms with Gasteiger partial charge in [-0.3, -0.25) is 0 Å². The first-order valence-electron chi connectivity index (χ1n) is 4.56. The maximum Gasteiger partial charge on any atom is 0.285 e. The predicted molar refractivity (Wildman–Crippen MR) is 54.2 cm³/mol. The number of hydrogen-bond donors (Lipinski definition) is 1. The van der Waals surface area contributed by atoms with Crippen LogP contribution in [0.5, 0.6) is 5.75 Å². The minimum Gasteiger partial charge on any atom is -0.508 e. The van der Waals surface area contributed by atoms with Crippen molar-refractivity contribution in [1.82, 2.24) is 4.57 Å². The van der Waals surface area contributed by atoms with Crippen molar-refractivity contribution in [2.24, 2.45) is 7.05 Å². The Morgan fingerprint density at radius 3 is 2.53 bits per heavy atom. The van der Waals surface area contributed by atoms with Crippen LogP contribution in [0.4, 0.5) is 8.78 Å². The highest BCUT2D eigenvalue weighted by atomic mass is 19.3. The first kappa shape index (κ1) is 9.96. The van der Waals surface area contributed by atoms with E-state index in [2.05, 4.69) is 0 Å². The minimum atomic E-state index is -2.87. The lowest BCUT2D eigenvalue weighted by molar-refractivity contribution is 0.0103. The Labute approximate surface area is 85.8 Å². The number of benzene rings is 1. The van der Waals surface area contributed by atoms with Crippen LogP contribution in [-0.2, 0) is 13.0 Å². The van der Waals surface area contributed by atoms with Crippen molar-refractivity contribution in [3.05, 3.63) is 30.0 Å². The van der Waals surface area contributed by atoms with E-state index in [4.69, 9.17) is 0 Å². The summed E-state index contributed by atoms with van der Waals surface area (Å²) in [5, 5.41) is 9.97. The molecule has 15 heavy (non-hydrogen) atoms. The molecule has 0 aliphatic carbocycles. The lowest BCUT2D eigenvalue weighted by atomic mass is 10.2. The Hall–Kier alpha value is -1.58. The van der Waals surface area contributed by atoms with Crippen LogP contribution in [0.2, 0.25) is 0 Å². The molecule has 0 aliphatic heterocycles. The lowest BCUT2D eigenvalue weighted by Crippen LogP contribution is -2.12. The molecular formula is C11H11F2NO. The van der Waals surface area contributed by atoms with Crippen LogP contribution in [0.3, 0.4) is 0 Å². The molecule has 4 heteroatoms. The molecule has 0 atom stereocenters. The number of alkyl halides is 2. The van der Waals surface area contributed by atoms with Crippen molar-refractivity contribution in [2.75, 3.05) is 0 Å². The van der Waals surface area contributed by atoms with Crippen LogP contribution in [-0.4, -0.2) is 9.67 Å². The number of nitrogens with zero attached hydrogens (tertiary/aromatic N) is 1. The summed E-state index contributed by atoms with van der Waals surface area (Å²) in [6.45, 7) is 0.862. The highest BCUT2D eigenvalue weighted by Crippen LogP contribution is 2.32. The smallest absolute Gasteiger partial charge is 0.285 e. The van der Waals surface area contributed by atoms with Gasteiger partial charge in [0.25, 0.3) is 5.92 Å². The van der Waals surface area contributed by atoms with Crippen LogP contribution in [0.25, 0.3) is 10.9 Å². The zero-order valence-corrected chi connectivity index (χ0v) is 8.46. The average molecular weight is 211 g/mol. The number of aromatic nitrogens is 1. The first-order chi connectivity index (χ1) is 6.89. The predicted octanol–water partition coefficient (Wildman–Crippen LogP) is 3.00. The summed E-state index contributed by atoms with van der Waals surface area (Å²) in [7, 11) is 1.56. The van der Waals surface area contributed by atoms with E-state index in [-0.39, 0.29) is 11.4 Å². The van der Waals surface area contributed by atoms with Gasteiger partial charge < -0.3 is 9.67 Å². The van der Waals surface area contributed by atoms with Crippen LogP contribution < -0.4 is 0 Å². The third kappa shape index (κ3) is 1.56. The zero-order valence-electron chi connectivity index (χ0n) is 8.46. The third-order valence-corrected chi connectivity index (χ3v) is 2.48. The standard InChI is InChI=1S/C11H11F2NO/c1-11(12,13)10-5-7-3-4-8(15)6-9(7)14(10)2/h3-6,15H,1-2H3. The second-order valence-electron chi connectivity index (χ2n) is 3.72. The topological polar surface area (TPSA) is 25.2 Å². The Morgan fingerprint density at radius 2 is 1.93 bits per heavy atom. The molecule has 0 amide bonds. The third-order valence-electron chi connectivity index (χ3n) is 2.48. The van der Waals surface area contributed by atoms with Gasteiger partial charge in [0.05, 0.1) is 11.2 Å². The number of phenols is 1. The molecule has 2 aromatic rings. The van der Waals surface area contributed by atoms with E-state index < -0.39 is 5.92 Å². The van der Waals surface area contributed by atoms with E-state index in [0.29, 0.717) is 10.9 Å². The van der Waals surface area contributed by atoms with Gasteiger partial charge in [-0.2, -0.15) is 0 Å². The maximum atomic E-state index is 13.2. The molecule has 1 N–H and O–H groups in total. The monoisotopic (exact) mass is 211 g/mol. The number of phenolic OH excluding ortho intramolecular Hbond substituents is 1. The second-order valence-corrected chi connectivity index (χ2v) is 3.72. The SMILES string of the molecule is Cn1c(C(C)(F)F)cc2ccc(O)cc21. The van der Waals surface area contributed by atoms with Crippen LogP contribution in [0.1, 0.15) is 12.6 Å². The number of aromatic hydroxyl groups is 1. The Morgan fingerprint density at radius 1 is 1.27 bits per heavy atom. The van der Waals surface area contributed by atoms with Gasteiger partial charge in [0.1, 0.15) is 5.75 Å². The molecule has 0 bridgehead atoms. The van der Waals surface area contributed by atoms with Crippen molar-refractivity contribution < 1.29 is 13.9 Å². The summed E-state index contributed by atoms with van der Waals surface area (Å²) >= 11 is 0. The molecule has 1 heterocycles. The van der Waals surface area contributed by atoms with E-state index in [9.17, 15) is 13.9 Å². The van der Waals surface area contributed by atoms with Crippen molar-refractivity contribution in [3.8, 4) is 5.75 Å². The van der Waals surface area contributed by atoms with E-state index >= 15 is 0 Å². The van der Waals surface area contributed by atoms with Gasteiger partial charge in [0, 0.05) is 25.4 Å². The first-order valence-corrected chi connectivity index (χ1v) is 4.56. The molecule has 0 aliphatic rings. The highest BCUT2D eigenvalue weighted by Gasteiger charge is 2.28. The molecule has 0 saturated carbocycles. The van der Waals surface area contributed by atoms with Crippen molar-refractivity contribution in [3.63, 3.8) is 0 Å². The lowest BCUT2D eigenvalue weighted by Gasteiger charge is -2.11. The zero-order chi connectivity index (χ0) is 11.2. The average Bonchev–Trinajstić information content (AvgIpc) is 2.43. The van der Waals surface area contributed by atoms with Crippen molar-refractivity contribution in [2.45, 2.75) is 12.8 Å². The fourth-order valence-electron chi connectivity index (χ4n) is 1.74. The number of rotatable bonds is 1. The number of halogens is 2. The molecule has 2 nitrogen and oxygen atoms in total. The summed E-state index contributed by atoms with van der Waals surface area (Å²) in [6, 6.07) is 6.03. The maximum absolute atomic E-state index is 13.2. The fourth-order valence-corrected chi connectivity index (χ4v) is 1.74. The molecule has 0 radical (unpaired) electrons. The van der Waals surface area contributed by atoms with Gasteiger partial charge in [-0.05, 0) is 18.2 Å². The van der Waals surface area contributed by atoms with Crippen molar-refractivity contribution in [1.29, 1.82) is 0 Å². The van der Waals surface area contributed by atoms with Crippen molar-refractivity contribution >= 4 is 10.9 Å². The number of hydrogen-bond acceptors (Lipinski definition) is 1. The largest absolute Gasteiger partial charge is 0.508 e. The molecule has 1 aromatic heterocycles. The van der Waals surface area contributed by atoms with Gasteiger partial charge in [0.15, 0.2) is 0 Å². The second kappa shape index (κ2) is 2.95. The normalized spacial score (nSPS) is 12.3. The van der Waals surface area contributed by atoms with E-state index in [1.54, 1.807) is 13.1 Å². The molecule has 80 valence electrons. The highest BCUT2D eigenvalue weighted by molar-refractivity contribution is 5.82. The number of aryl methyl sites for hydroxylation is 1. The summed E-state index contributed by atoms with van der Waals surface area (Å²) in [5.41, 5.74) is 0.551. The van der Waals surface area contributed by atoms with Crippen LogP contribution >= 0.6 is 0 Å². The van der Waals surface area contributed by atoms with Crippen LogP contribution in [0.15, 0.2) is 24.3 Å². The van der Waals surface area contributed by atoms with Gasteiger partial charge >= 0.3 is 0 Å². The quantitative estimate of drug-likeness (QED) is 0.770. The molecule has 0 fully saturated rings. The Kier molecular flexibility index (Phi) is 1.96. The molecule has 0 unspecified atom stereocenters. The molecule has 2 rings (SSSR count). The van der Waals surface area contributed by atoms with Gasteiger partial charge in [-0.15, -0.1) is 0 Å². The van der Waals surface area contributed by atoms with Gasteiger partial charge in [-0.1, -0.05) is 0 Å². The van der Waals surface area contributed by atoms with Gasteiger partial charge in [0.2, 0.25) is 0 Å². The molecule has 1 aromatic carbocycles. The number of fused-ring (bicyclic) bond motifs is 1. The Balaban J connectivity index is 2.76. The van der Waals surface area contributed by atoms with E-state index in [1.165, 1.54) is 22.8 Å². The molecular weight excluding hydrogens is 200 g/mol. The molecule has 0 saturated heterocycles. The van der Waals surface area contributed by atoms with Gasteiger partial charge in [-0.25, -0.2) is 8.78 Å². The van der Waals surface area contributed by atoms with E-state index in [1.807, 2.05) is 0 Å². The fraction of sp³-hybridized carbons (Fsp3) is 0.273.